The van der Waals surface area contributed by atoms with Gasteiger partial charge in [-0.05, 0) is 54.9 Å². The van der Waals surface area contributed by atoms with E-state index in [0.29, 0.717) is 24.6 Å². The van der Waals surface area contributed by atoms with Crippen LogP contribution in [0, 0.1) is 5.92 Å². The van der Waals surface area contributed by atoms with Crippen LogP contribution in [0.4, 0.5) is 0 Å². The van der Waals surface area contributed by atoms with Gasteiger partial charge < -0.3 is 20.0 Å². The average Bonchev–Trinajstić information content (AvgIpc) is 3.39. The Labute approximate surface area is 214 Å². The maximum Gasteiger partial charge on any atom is 0.254 e. The van der Waals surface area contributed by atoms with Crippen LogP contribution in [0.1, 0.15) is 66.4 Å². The van der Waals surface area contributed by atoms with Crippen molar-refractivity contribution in [2.45, 2.75) is 45.6 Å². The van der Waals surface area contributed by atoms with Gasteiger partial charge in [0.25, 0.3) is 5.91 Å². The number of nitrogens with zero attached hydrogens (tertiary/aromatic N) is 3. The quantitative estimate of drug-likeness (QED) is 0.501. The van der Waals surface area contributed by atoms with Crippen molar-refractivity contribution < 1.29 is 9.59 Å². The Bertz CT molecular complexity index is 969. The normalized spacial score (nSPS) is 21.4. The number of hydrogen-bond donors (Lipinski definition) is 1. The van der Waals surface area contributed by atoms with Crippen molar-refractivity contribution in [3.8, 4) is 0 Å². The molecule has 1 aromatic heterocycles. The molecule has 0 spiro atoms. The molecule has 0 radical (unpaired) electrons. The predicted molar refractivity (Wildman–Crippen MR) is 143 cm³/mol. The fourth-order valence-corrected chi connectivity index (χ4v) is 6.30. The third kappa shape index (κ3) is 6.13. The lowest BCUT2D eigenvalue weighted by molar-refractivity contribution is -0.124. The van der Waals surface area contributed by atoms with E-state index in [9.17, 15) is 9.59 Å². The molecule has 2 aromatic rings. The molecule has 0 unspecified atom stereocenters. The van der Waals surface area contributed by atoms with E-state index in [4.69, 9.17) is 0 Å². The van der Waals surface area contributed by atoms with Gasteiger partial charge in [0.2, 0.25) is 5.91 Å². The fraction of sp³-hybridized carbons (Fsp3) is 0.571. The summed E-state index contributed by atoms with van der Waals surface area (Å²) in [6.45, 7) is 14.5. The topological polar surface area (TPSA) is 55.9 Å². The Kier molecular flexibility index (Phi) is 8.98. The fourth-order valence-electron chi connectivity index (χ4n) is 5.42. The highest BCUT2D eigenvalue weighted by molar-refractivity contribution is 7.10. The summed E-state index contributed by atoms with van der Waals surface area (Å²) in [6, 6.07) is 11.5. The van der Waals surface area contributed by atoms with Gasteiger partial charge in [-0.25, -0.2) is 0 Å². The maximum absolute atomic E-state index is 13.7. The van der Waals surface area contributed by atoms with Crippen molar-refractivity contribution in [3.05, 3.63) is 57.8 Å². The van der Waals surface area contributed by atoms with Gasteiger partial charge in [-0.2, -0.15) is 0 Å². The second-order valence-electron chi connectivity index (χ2n) is 10.2. The van der Waals surface area contributed by atoms with Gasteiger partial charge in [-0.15, -0.1) is 11.3 Å². The lowest BCUT2D eigenvalue weighted by Gasteiger charge is -2.42. The monoisotopic (exact) mass is 496 g/mol. The van der Waals surface area contributed by atoms with Crippen LogP contribution in [-0.4, -0.2) is 78.9 Å². The number of amides is 2. The van der Waals surface area contributed by atoms with Gasteiger partial charge >= 0.3 is 0 Å². The number of piperazine rings is 1. The van der Waals surface area contributed by atoms with Gasteiger partial charge in [0.1, 0.15) is 0 Å². The van der Waals surface area contributed by atoms with E-state index in [1.54, 1.807) is 11.3 Å². The van der Waals surface area contributed by atoms with E-state index >= 15 is 0 Å². The van der Waals surface area contributed by atoms with Crippen LogP contribution in [0.5, 0.6) is 0 Å². The number of nitrogens with one attached hydrogen (secondary N) is 1. The van der Waals surface area contributed by atoms with Crippen molar-refractivity contribution in [3.63, 3.8) is 0 Å². The summed E-state index contributed by atoms with van der Waals surface area (Å²) in [7, 11) is 0. The minimum Gasteiger partial charge on any atom is -0.355 e. The predicted octanol–water partition coefficient (Wildman–Crippen LogP) is 4.22. The molecule has 3 heterocycles. The number of hydrogen-bond acceptors (Lipinski definition) is 5. The molecule has 1 fully saturated rings. The molecular formula is C28H40N4O2S. The van der Waals surface area contributed by atoms with Crippen LogP contribution in [0.15, 0.2) is 41.8 Å². The molecule has 35 heavy (non-hydrogen) atoms. The minimum absolute atomic E-state index is 0.0184. The summed E-state index contributed by atoms with van der Waals surface area (Å²) in [5, 5.41) is 5.26. The van der Waals surface area contributed by atoms with E-state index in [0.717, 1.165) is 49.6 Å². The molecule has 1 N–H and O–H groups in total. The zero-order chi connectivity index (χ0) is 24.8. The van der Waals surface area contributed by atoms with Crippen molar-refractivity contribution in [2.75, 3.05) is 52.4 Å². The maximum atomic E-state index is 13.7. The van der Waals surface area contributed by atoms with Gasteiger partial charge in [-0.3, -0.25) is 9.59 Å². The Hall–Kier alpha value is -2.22. The van der Waals surface area contributed by atoms with Crippen LogP contribution in [-0.2, 0) is 4.79 Å². The number of rotatable bonds is 10. The van der Waals surface area contributed by atoms with E-state index in [1.807, 2.05) is 40.6 Å². The van der Waals surface area contributed by atoms with Crippen LogP contribution in [0.25, 0.3) is 0 Å². The summed E-state index contributed by atoms with van der Waals surface area (Å²) in [5.41, 5.74) is 1.51. The second kappa shape index (κ2) is 12.2. The Morgan fingerprint density at radius 1 is 1.06 bits per heavy atom. The van der Waals surface area contributed by atoms with E-state index < -0.39 is 5.92 Å². The summed E-state index contributed by atoms with van der Waals surface area (Å²) < 4.78 is 0. The first-order chi connectivity index (χ1) is 17.0. The lowest BCUT2D eigenvalue weighted by Crippen LogP contribution is -2.49. The number of fused-ring (bicyclic) bond motifs is 1. The van der Waals surface area contributed by atoms with Crippen molar-refractivity contribution in [1.82, 2.24) is 20.0 Å². The molecule has 1 aromatic carbocycles. The zero-order valence-electron chi connectivity index (χ0n) is 21.4. The second-order valence-corrected chi connectivity index (χ2v) is 11.2. The summed E-state index contributed by atoms with van der Waals surface area (Å²) in [6.07, 6.45) is 2.15. The van der Waals surface area contributed by atoms with Crippen LogP contribution in [0.2, 0.25) is 0 Å². The highest BCUT2D eigenvalue weighted by Crippen LogP contribution is 2.44. The molecule has 2 atom stereocenters. The third-order valence-corrected chi connectivity index (χ3v) is 8.02. The molecule has 4 rings (SSSR count). The lowest BCUT2D eigenvalue weighted by atomic mass is 9.81. The summed E-state index contributed by atoms with van der Waals surface area (Å²) in [4.78, 5) is 35.3. The average molecular weight is 497 g/mol. The first-order valence-corrected chi connectivity index (χ1v) is 14.0. The zero-order valence-corrected chi connectivity index (χ0v) is 22.2. The largest absolute Gasteiger partial charge is 0.355 e. The SMILES string of the molecule is CCCN1CCN(CCCNC(=O)[C@@H]2c3ccccc3C(=O)N(CC(C)C)[C@@H]2c2cccs2)CC1. The number of carbonyl (C=O) groups excluding carboxylic acids is 2. The summed E-state index contributed by atoms with van der Waals surface area (Å²) >= 11 is 1.62. The third-order valence-electron chi connectivity index (χ3n) is 7.07. The Balaban J connectivity index is 1.45. The van der Waals surface area contributed by atoms with Crippen LogP contribution < -0.4 is 5.32 Å². The van der Waals surface area contributed by atoms with E-state index in [-0.39, 0.29) is 17.9 Å². The number of carbonyl (C=O) groups is 2. The van der Waals surface area contributed by atoms with Crippen molar-refractivity contribution in [2.24, 2.45) is 5.92 Å². The van der Waals surface area contributed by atoms with Crippen molar-refractivity contribution >= 4 is 23.2 Å². The smallest absolute Gasteiger partial charge is 0.254 e. The number of benzene rings is 1. The van der Waals surface area contributed by atoms with E-state index in [1.165, 1.54) is 13.0 Å². The molecule has 7 heteroatoms. The highest BCUT2D eigenvalue weighted by atomic mass is 32.1. The number of thiophene rings is 1. The molecule has 0 aliphatic carbocycles. The molecule has 2 aliphatic rings. The van der Waals surface area contributed by atoms with Gasteiger partial charge in [0.05, 0.1) is 12.0 Å². The Morgan fingerprint density at radius 3 is 2.43 bits per heavy atom. The molecule has 6 nitrogen and oxygen atoms in total. The standard InChI is InChI=1S/C28H40N4O2S/c1-4-13-30-15-17-31(18-16-30)14-8-12-29-27(33)25-22-9-5-6-10-23(22)28(34)32(20-21(2)3)26(25)24-11-7-19-35-24/h5-7,9-11,19,21,25-26H,4,8,12-18,20H2,1-3H3,(H,29,33)/t25-,26-/m1/s1. The van der Waals surface area contributed by atoms with Crippen molar-refractivity contribution in [1.29, 1.82) is 0 Å². The van der Waals surface area contributed by atoms with Crippen LogP contribution in [0.3, 0.4) is 0 Å². The summed E-state index contributed by atoms with van der Waals surface area (Å²) in [5.74, 6) is -0.0455. The Morgan fingerprint density at radius 2 is 1.77 bits per heavy atom. The molecule has 0 saturated carbocycles. The van der Waals surface area contributed by atoms with Gasteiger partial charge in [0.15, 0.2) is 0 Å². The molecular weight excluding hydrogens is 456 g/mol. The molecule has 0 bridgehead atoms. The molecule has 190 valence electrons. The van der Waals surface area contributed by atoms with E-state index in [2.05, 4.69) is 42.0 Å². The van der Waals surface area contributed by atoms with Gasteiger partial charge in [-0.1, -0.05) is 45.0 Å². The van der Waals surface area contributed by atoms with Gasteiger partial charge in [0, 0.05) is 49.7 Å². The van der Waals surface area contributed by atoms with Crippen LogP contribution >= 0.6 is 11.3 Å². The molecule has 2 aliphatic heterocycles. The first kappa shape index (κ1) is 25.9. The molecule has 2 amide bonds. The minimum atomic E-state index is -0.404. The first-order valence-electron chi connectivity index (χ1n) is 13.1. The molecule has 1 saturated heterocycles. The highest BCUT2D eigenvalue weighted by Gasteiger charge is 2.44.